The Hall–Kier alpha value is -4.64. The topological polar surface area (TPSA) is 138 Å². The van der Waals surface area contributed by atoms with E-state index < -0.39 is 6.04 Å². The van der Waals surface area contributed by atoms with Gasteiger partial charge in [-0.1, -0.05) is 30.3 Å². The number of nitrogens with one attached hydrogen (secondary N) is 4. The summed E-state index contributed by atoms with van der Waals surface area (Å²) in [5, 5.41) is 13.6. The van der Waals surface area contributed by atoms with Gasteiger partial charge in [0.2, 0.25) is 5.88 Å². The van der Waals surface area contributed by atoms with Crippen molar-refractivity contribution in [3.63, 3.8) is 0 Å². The molecular formula is C30H31N7O3S. The molecular weight excluding hydrogens is 538 g/mol. The van der Waals surface area contributed by atoms with Gasteiger partial charge in [0, 0.05) is 23.0 Å². The fraction of sp³-hybridized carbons (Fsp3) is 0.233. The van der Waals surface area contributed by atoms with Crippen LogP contribution in [0.3, 0.4) is 0 Å². The van der Waals surface area contributed by atoms with E-state index in [-0.39, 0.29) is 11.8 Å². The van der Waals surface area contributed by atoms with E-state index in [9.17, 15) is 9.59 Å². The highest BCUT2D eigenvalue weighted by molar-refractivity contribution is 7.98. The average molecular weight is 570 g/mol. The van der Waals surface area contributed by atoms with Crippen molar-refractivity contribution in [3.8, 4) is 17.1 Å². The Morgan fingerprint density at radius 2 is 1.88 bits per heavy atom. The normalized spacial score (nSPS) is 11.8. The molecule has 0 aliphatic carbocycles. The van der Waals surface area contributed by atoms with Crippen LogP contribution in [0, 0.1) is 0 Å². The second kappa shape index (κ2) is 13.1. The molecule has 0 aliphatic heterocycles. The van der Waals surface area contributed by atoms with E-state index in [0.29, 0.717) is 35.8 Å². The first-order chi connectivity index (χ1) is 20.1. The first-order valence-corrected chi connectivity index (χ1v) is 14.5. The van der Waals surface area contributed by atoms with Crippen LogP contribution >= 0.6 is 11.8 Å². The van der Waals surface area contributed by atoms with Gasteiger partial charge in [0.15, 0.2) is 0 Å². The number of pyridine rings is 1. The van der Waals surface area contributed by atoms with Crippen molar-refractivity contribution >= 4 is 34.5 Å². The first-order valence-electron chi connectivity index (χ1n) is 13.3. The van der Waals surface area contributed by atoms with Crippen LogP contribution in [0.4, 0.5) is 0 Å². The number of H-pyrrole nitrogens is 2. The number of benzene rings is 2. The Bertz CT molecular complexity index is 1630. The van der Waals surface area contributed by atoms with E-state index >= 15 is 0 Å². The number of aromatic nitrogens is 5. The van der Waals surface area contributed by atoms with Crippen LogP contribution < -0.4 is 15.4 Å². The zero-order chi connectivity index (χ0) is 28.6. The molecule has 3 heterocycles. The Morgan fingerprint density at radius 3 is 2.68 bits per heavy atom. The molecule has 0 saturated heterocycles. The lowest BCUT2D eigenvalue weighted by Crippen LogP contribution is -2.29. The van der Waals surface area contributed by atoms with Crippen LogP contribution in [0.2, 0.25) is 0 Å². The van der Waals surface area contributed by atoms with Crippen molar-refractivity contribution in [1.82, 2.24) is 35.8 Å². The molecule has 0 radical (unpaired) electrons. The number of aromatic amines is 2. The zero-order valence-electron chi connectivity index (χ0n) is 22.8. The lowest BCUT2D eigenvalue weighted by Gasteiger charge is -2.17. The molecule has 0 fully saturated rings. The number of rotatable bonds is 12. The second-order valence-corrected chi connectivity index (χ2v) is 10.2. The van der Waals surface area contributed by atoms with Crippen molar-refractivity contribution in [3.05, 3.63) is 90.1 Å². The van der Waals surface area contributed by atoms with Gasteiger partial charge in [-0.25, -0.2) is 9.97 Å². The highest BCUT2D eigenvalue weighted by Crippen LogP contribution is 2.31. The number of para-hydroxylation sites is 1. The summed E-state index contributed by atoms with van der Waals surface area (Å²) >= 11 is 1.55. The SMILES string of the molecule is COc1nc2ccccc2cc1-c1cnc([C@H](CCCCNC(=O)c2ccccc2SC)NC(=O)c2cn[nH]c2)[nH]1. The van der Waals surface area contributed by atoms with E-state index in [1.54, 1.807) is 31.3 Å². The van der Waals surface area contributed by atoms with Crippen LogP contribution in [0.25, 0.3) is 22.2 Å². The molecule has 5 rings (SSSR count). The predicted molar refractivity (Wildman–Crippen MR) is 159 cm³/mol. The average Bonchev–Trinajstić information content (AvgIpc) is 3.73. The molecule has 1 atom stereocenters. The molecule has 0 saturated carbocycles. The molecule has 5 aromatic rings. The largest absolute Gasteiger partial charge is 0.480 e. The molecule has 2 aromatic carbocycles. The summed E-state index contributed by atoms with van der Waals surface area (Å²) in [6.07, 6.45) is 8.81. The number of unbranched alkanes of at least 4 members (excludes halogenated alkanes) is 1. The Kier molecular flexibility index (Phi) is 8.95. The number of hydrogen-bond acceptors (Lipinski definition) is 7. The number of nitrogens with zero attached hydrogens (tertiary/aromatic N) is 3. The maximum Gasteiger partial charge on any atom is 0.255 e. The maximum atomic E-state index is 12.9. The molecule has 41 heavy (non-hydrogen) atoms. The van der Waals surface area contributed by atoms with Crippen molar-refractivity contribution in [2.75, 3.05) is 19.9 Å². The van der Waals surface area contributed by atoms with Crippen LogP contribution in [0.15, 0.2) is 78.1 Å². The van der Waals surface area contributed by atoms with E-state index in [2.05, 4.69) is 35.8 Å². The second-order valence-electron chi connectivity index (χ2n) is 9.39. The van der Waals surface area contributed by atoms with E-state index in [1.807, 2.05) is 60.9 Å². The number of hydrogen-bond donors (Lipinski definition) is 4. The fourth-order valence-electron chi connectivity index (χ4n) is 4.59. The highest BCUT2D eigenvalue weighted by atomic mass is 32.2. The summed E-state index contributed by atoms with van der Waals surface area (Å²) in [4.78, 5) is 39.1. The Morgan fingerprint density at radius 1 is 1.05 bits per heavy atom. The number of imidazole rings is 1. The van der Waals surface area contributed by atoms with Gasteiger partial charge in [-0.05, 0) is 49.8 Å². The van der Waals surface area contributed by atoms with Gasteiger partial charge in [-0.3, -0.25) is 14.7 Å². The lowest BCUT2D eigenvalue weighted by molar-refractivity contribution is 0.0931. The van der Waals surface area contributed by atoms with Gasteiger partial charge in [-0.2, -0.15) is 5.10 Å². The maximum absolute atomic E-state index is 12.9. The third-order valence-corrected chi connectivity index (χ3v) is 7.52. The molecule has 10 nitrogen and oxygen atoms in total. The van der Waals surface area contributed by atoms with E-state index in [1.165, 1.54) is 6.20 Å². The van der Waals surface area contributed by atoms with Gasteiger partial charge < -0.3 is 20.4 Å². The number of carbonyl (C=O) groups is 2. The van der Waals surface area contributed by atoms with Crippen molar-refractivity contribution in [2.45, 2.75) is 30.2 Å². The number of carbonyl (C=O) groups excluding carboxylic acids is 2. The molecule has 0 aliphatic rings. The van der Waals surface area contributed by atoms with Crippen molar-refractivity contribution < 1.29 is 14.3 Å². The van der Waals surface area contributed by atoms with Gasteiger partial charge >= 0.3 is 0 Å². The molecule has 4 N–H and O–H groups in total. The number of fused-ring (bicyclic) bond motifs is 1. The molecule has 3 aromatic heterocycles. The summed E-state index contributed by atoms with van der Waals surface area (Å²) in [5.41, 5.74) is 3.45. The minimum atomic E-state index is -0.390. The minimum absolute atomic E-state index is 0.0895. The van der Waals surface area contributed by atoms with Crippen LogP contribution in [0.5, 0.6) is 5.88 Å². The van der Waals surface area contributed by atoms with Gasteiger partial charge in [0.1, 0.15) is 5.82 Å². The third kappa shape index (κ3) is 6.58. The van der Waals surface area contributed by atoms with E-state index in [4.69, 9.17) is 4.74 Å². The highest BCUT2D eigenvalue weighted by Gasteiger charge is 2.21. The summed E-state index contributed by atoms with van der Waals surface area (Å²) in [6.45, 7) is 0.521. The summed E-state index contributed by atoms with van der Waals surface area (Å²) in [7, 11) is 1.59. The molecule has 0 bridgehead atoms. The fourth-order valence-corrected chi connectivity index (χ4v) is 5.19. The summed E-state index contributed by atoms with van der Waals surface area (Å²) in [6, 6.07) is 17.0. The first kappa shape index (κ1) is 27.9. The Balaban J connectivity index is 1.29. The van der Waals surface area contributed by atoms with Crippen LogP contribution in [-0.4, -0.2) is 56.9 Å². The quantitative estimate of drug-likeness (QED) is 0.120. The number of methoxy groups -OCH3 is 1. The standard InChI is InChI=1S/C30H31N7O3S/c1-40-30-22(15-19-9-3-5-11-23(19)37-30)25-18-32-27(35-25)24(36-28(38)20-16-33-34-17-20)12-7-8-14-31-29(39)21-10-4-6-13-26(21)41-2/h3-6,9-11,13,15-18,24H,7-8,12,14H2,1-2H3,(H,31,39)(H,32,35)(H,33,34)(H,36,38)/t24-/m0/s1. The third-order valence-electron chi connectivity index (χ3n) is 6.72. The zero-order valence-corrected chi connectivity index (χ0v) is 23.6. The van der Waals surface area contributed by atoms with Crippen molar-refractivity contribution in [1.29, 1.82) is 0 Å². The van der Waals surface area contributed by atoms with Crippen molar-refractivity contribution in [2.24, 2.45) is 0 Å². The summed E-state index contributed by atoms with van der Waals surface area (Å²) < 4.78 is 5.57. The predicted octanol–water partition coefficient (Wildman–Crippen LogP) is 5.15. The van der Waals surface area contributed by atoms with Gasteiger partial charge in [0.25, 0.3) is 11.8 Å². The molecule has 210 valence electrons. The number of thioether (sulfide) groups is 1. The summed E-state index contributed by atoms with van der Waals surface area (Å²) in [5.74, 6) is 0.753. The minimum Gasteiger partial charge on any atom is -0.480 e. The Labute approximate surface area is 241 Å². The van der Waals surface area contributed by atoms with E-state index in [0.717, 1.165) is 39.9 Å². The van der Waals surface area contributed by atoms with Gasteiger partial charge in [0.05, 0.1) is 53.4 Å². The molecule has 2 amide bonds. The monoisotopic (exact) mass is 569 g/mol. The smallest absolute Gasteiger partial charge is 0.255 e. The van der Waals surface area contributed by atoms with Gasteiger partial charge in [-0.15, -0.1) is 11.8 Å². The lowest BCUT2D eigenvalue weighted by atomic mass is 10.1. The van der Waals surface area contributed by atoms with Crippen LogP contribution in [0.1, 0.15) is 51.8 Å². The number of amides is 2. The molecule has 0 spiro atoms. The van der Waals surface area contributed by atoms with Crippen LogP contribution in [-0.2, 0) is 0 Å². The molecule has 11 heteroatoms. The number of ether oxygens (including phenoxy) is 1. The molecule has 0 unspecified atom stereocenters.